The van der Waals surface area contributed by atoms with E-state index in [4.69, 9.17) is 16.3 Å². The SMILES string of the molecule is COC(C)(C)C(=O)N(Cc1cccc(Cl)c1)C(C)C. The Morgan fingerprint density at radius 3 is 2.53 bits per heavy atom. The number of rotatable bonds is 5. The van der Waals surface area contributed by atoms with E-state index in [0.717, 1.165) is 5.56 Å². The summed E-state index contributed by atoms with van der Waals surface area (Å²) in [5, 5.41) is 0.680. The van der Waals surface area contributed by atoms with Gasteiger partial charge in [0.15, 0.2) is 0 Å². The molecular weight excluding hydrogens is 262 g/mol. The van der Waals surface area contributed by atoms with Crippen LogP contribution in [0.3, 0.4) is 0 Å². The maximum atomic E-state index is 12.5. The molecule has 4 heteroatoms. The van der Waals surface area contributed by atoms with Gasteiger partial charge in [-0.1, -0.05) is 23.7 Å². The lowest BCUT2D eigenvalue weighted by Gasteiger charge is -2.34. The molecule has 0 unspecified atom stereocenters. The smallest absolute Gasteiger partial charge is 0.254 e. The third-order valence-electron chi connectivity index (χ3n) is 3.15. The fourth-order valence-corrected chi connectivity index (χ4v) is 1.97. The van der Waals surface area contributed by atoms with Crippen molar-refractivity contribution in [1.82, 2.24) is 4.90 Å². The minimum Gasteiger partial charge on any atom is -0.369 e. The summed E-state index contributed by atoms with van der Waals surface area (Å²) in [4.78, 5) is 14.3. The molecule has 0 spiro atoms. The summed E-state index contributed by atoms with van der Waals surface area (Å²) in [5.41, 5.74) is 0.199. The van der Waals surface area contributed by atoms with Crippen molar-refractivity contribution in [2.45, 2.75) is 45.9 Å². The Morgan fingerprint density at radius 2 is 2.05 bits per heavy atom. The zero-order valence-corrected chi connectivity index (χ0v) is 13.0. The Bertz CT molecular complexity index is 444. The molecule has 0 saturated heterocycles. The number of halogens is 1. The van der Waals surface area contributed by atoms with Crippen molar-refractivity contribution in [2.75, 3.05) is 7.11 Å². The summed E-state index contributed by atoms with van der Waals surface area (Å²) in [6.45, 7) is 8.08. The molecule has 0 radical (unpaired) electrons. The van der Waals surface area contributed by atoms with Crippen molar-refractivity contribution in [3.63, 3.8) is 0 Å². The predicted octanol–water partition coefficient (Wildman–Crippen LogP) is 3.50. The Balaban J connectivity index is 2.94. The van der Waals surface area contributed by atoms with Crippen LogP contribution in [0.15, 0.2) is 24.3 Å². The van der Waals surface area contributed by atoms with Gasteiger partial charge in [-0.15, -0.1) is 0 Å². The fourth-order valence-electron chi connectivity index (χ4n) is 1.75. The highest BCUT2D eigenvalue weighted by atomic mass is 35.5. The van der Waals surface area contributed by atoms with Gasteiger partial charge in [0.2, 0.25) is 0 Å². The average molecular weight is 284 g/mol. The van der Waals surface area contributed by atoms with Gasteiger partial charge in [-0.3, -0.25) is 4.79 Å². The molecule has 0 heterocycles. The van der Waals surface area contributed by atoms with Crippen LogP contribution in [0.4, 0.5) is 0 Å². The molecule has 0 saturated carbocycles. The highest BCUT2D eigenvalue weighted by Gasteiger charge is 2.33. The fraction of sp³-hybridized carbons (Fsp3) is 0.533. The van der Waals surface area contributed by atoms with Crippen LogP contribution in [0.25, 0.3) is 0 Å². The first-order chi connectivity index (χ1) is 8.77. The largest absolute Gasteiger partial charge is 0.369 e. The van der Waals surface area contributed by atoms with Crippen LogP contribution in [0.2, 0.25) is 5.02 Å². The maximum Gasteiger partial charge on any atom is 0.254 e. The van der Waals surface area contributed by atoms with Crippen molar-refractivity contribution in [1.29, 1.82) is 0 Å². The van der Waals surface area contributed by atoms with Crippen molar-refractivity contribution in [2.24, 2.45) is 0 Å². The second kappa shape index (κ2) is 6.40. The first-order valence-electron chi connectivity index (χ1n) is 6.38. The number of benzene rings is 1. The predicted molar refractivity (Wildman–Crippen MR) is 78.2 cm³/mol. The second-order valence-electron chi connectivity index (χ2n) is 5.37. The lowest BCUT2D eigenvalue weighted by Crippen LogP contribution is -2.48. The van der Waals surface area contributed by atoms with E-state index in [0.29, 0.717) is 11.6 Å². The summed E-state index contributed by atoms with van der Waals surface area (Å²) in [5.74, 6) is -0.0232. The highest BCUT2D eigenvalue weighted by Crippen LogP contribution is 2.19. The van der Waals surface area contributed by atoms with E-state index < -0.39 is 5.60 Å². The molecular formula is C15H22ClNO2. The standard InChI is InChI=1S/C15H22ClNO2/c1-11(2)17(14(18)15(3,4)19-5)10-12-7-6-8-13(16)9-12/h6-9,11H,10H2,1-5H3. The lowest BCUT2D eigenvalue weighted by molar-refractivity contribution is -0.153. The molecule has 106 valence electrons. The van der Waals surface area contributed by atoms with Gasteiger partial charge < -0.3 is 9.64 Å². The van der Waals surface area contributed by atoms with Gasteiger partial charge in [0.1, 0.15) is 5.60 Å². The van der Waals surface area contributed by atoms with E-state index in [9.17, 15) is 4.79 Å². The van der Waals surface area contributed by atoms with Gasteiger partial charge >= 0.3 is 0 Å². The van der Waals surface area contributed by atoms with Crippen molar-refractivity contribution >= 4 is 17.5 Å². The van der Waals surface area contributed by atoms with Gasteiger partial charge in [0.25, 0.3) is 5.91 Å². The third-order valence-corrected chi connectivity index (χ3v) is 3.39. The number of carbonyl (C=O) groups excluding carboxylic acids is 1. The van der Waals surface area contributed by atoms with Crippen molar-refractivity contribution in [3.8, 4) is 0 Å². The third kappa shape index (κ3) is 4.22. The van der Waals surface area contributed by atoms with Crippen molar-refractivity contribution < 1.29 is 9.53 Å². The number of hydrogen-bond donors (Lipinski definition) is 0. The Morgan fingerprint density at radius 1 is 1.42 bits per heavy atom. The zero-order chi connectivity index (χ0) is 14.6. The minimum absolute atomic E-state index is 0.0232. The maximum absolute atomic E-state index is 12.5. The molecule has 0 aromatic heterocycles. The van der Waals surface area contributed by atoms with Crippen LogP contribution < -0.4 is 0 Å². The number of carbonyl (C=O) groups is 1. The van der Waals surface area contributed by atoms with Gasteiger partial charge in [-0.25, -0.2) is 0 Å². The van der Waals surface area contributed by atoms with E-state index in [1.165, 1.54) is 0 Å². The molecule has 0 N–H and O–H groups in total. The zero-order valence-electron chi connectivity index (χ0n) is 12.2. The quantitative estimate of drug-likeness (QED) is 0.828. The molecule has 0 aliphatic heterocycles. The van der Waals surface area contributed by atoms with Crippen LogP contribution in [0, 0.1) is 0 Å². The Labute approximate surface area is 120 Å². The number of nitrogens with zero attached hydrogens (tertiary/aromatic N) is 1. The summed E-state index contributed by atoms with van der Waals surface area (Å²) < 4.78 is 5.27. The molecule has 0 bridgehead atoms. The van der Waals surface area contributed by atoms with Crippen molar-refractivity contribution in [3.05, 3.63) is 34.9 Å². The van der Waals surface area contributed by atoms with Crippen LogP contribution >= 0.6 is 11.6 Å². The topological polar surface area (TPSA) is 29.5 Å². The summed E-state index contributed by atoms with van der Waals surface area (Å²) in [6, 6.07) is 7.66. The second-order valence-corrected chi connectivity index (χ2v) is 5.81. The number of ether oxygens (including phenoxy) is 1. The molecule has 1 aromatic rings. The van der Waals surface area contributed by atoms with Crippen LogP contribution in [-0.2, 0) is 16.1 Å². The van der Waals surface area contributed by atoms with Gasteiger partial charge in [0, 0.05) is 24.7 Å². The van der Waals surface area contributed by atoms with Gasteiger partial charge in [0.05, 0.1) is 0 Å². The van der Waals surface area contributed by atoms with E-state index in [-0.39, 0.29) is 11.9 Å². The normalized spacial score (nSPS) is 11.7. The van der Waals surface area contributed by atoms with Crippen LogP contribution in [-0.4, -0.2) is 29.6 Å². The lowest BCUT2D eigenvalue weighted by atomic mass is 10.1. The van der Waals surface area contributed by atoms with E-state index in [2.05, 4.69) is 0 Å². The molecule has 0 fully saturated rings. The molecule has 3 nitrogen and oxygen atoms in total. The molecule has 1 amide bonds. The molecule has 0 atom stereocenters. The first-order valence-corrected chi connectivity index (χ1v) is 6.76. The Hall–Kier alpha value is -1.06. The average Bonchev–Trinajstić information content (AvgIpc) is 2.35. The summed E-state index contributed by atoms with van der Waals surface area (Å²) in [7, 11) is 1.55. The molecule has 1 aromatic carbocycles. The van der Waals surface area contributed by atoms with Crippen LogP contribution in [0.1, 0.15) is 33.3 Å². The molecule has 1 rings (SSSR count). The summed E-state index contributed by atoms with van der Waals surface area (Å²) >= 11 is 5.98. The molecule has 0 aliphatic carbocycles. The first kappa shape index (κ1) is 16.0. The number of amides is 1. The van der Waals surface area contributed by atoms with Crippen LogP contribution in [0.5, 0.6) is 0 Å². The highest BCUT2D eigenvalue weighted by molar-refractivity contribution is 6.30. The molecule has 0 aliphatic rings. The number of hydrogen-bond acceptors (Lipinski definition) is 2. The van der Waals surface area contributed by atoms with E-state index >= 15 is 0 Å². The van der Waals surface area contributed by atoms with Gasteiger partial charge in [-0.2, -0.15) is 0 Å². The monoisotopic (exact) mass is 283 g/mol. The minimum atomic E-state index is -0.817. The van der Waals surface area contributed by atoms with E-state index in [1.807, 2.05) is 38.1 Å². The summed E-state index contributed by atoms with van der Waals surface area (Å²) in [6.07, 6.45) is 0. The number of methoxy groups -OCH3 is 1. The van der Waals surface area contributed by atoms with E-state index in [1.54, 1.807) is 25.9 Å². The van der Waals surface area contributed by atoms with Gasteiger partial charge in [-0.05, 0) is 45.4 Å². The Kier molecular flexibility index (Phi) is 5.39. The molecule has 19 heavy (non-hydrogen) atoms.